The molecule has 1 aliphatic heterocycles. The molecule has 1 fully saturated rings. The van der Waals surface area contributed by atoms with E-state index in [4.69, 9.17) is 0 Å². The second-order valence-electron chi connectivity index (χ2n) is 7.01. The molecule has 0 radical (unpaired) electrons. The lowest BCUT2D eigenvalue weighted by molar-refractivity contribution is 0.263. The molecule has 1 heterocycles. The van der Waals surface area contributed by atoms with Crippen molar-refractivity contribution in [1.82, 2.24) is 9.62 Å². The fraction of sp³-hybridized carbons (Fsp3) is 0.667. The number of piperidine rings is 1. The van der Waals surface area contributed by atoms with E-state index in [1.54, 1.807) is 16.4 Å². The van der Waals surface area contributed by atoms with Gasteiger partial charge in [0.25, 0.3) is 0 Å². The van der Waals surface area contributed by atoms with Crippen molar-refractivity contribution in [2.24, 2.45) is 11.8 Å². The van der Waals surface area contributed by atoms with Gasteiger partial charge in [-0.25, -0.2) is 8.42 Å². The van der Waals surface area contributed by atoms with E-state index in [0.717, 1.165) is 32.2 Å². The Kier molecular flexibility index (Phi) is 8.71. The minimum absolute atomic E-state index is 0. The molecule has 0 spiro atoms. The molecule has 6 heteroatoms. The summed E-state index contributed by atoms with van der Waals surface area (Å²) in [6, 6.07) is 7.47. The van der Waals surface area contributed by atoms with Crippen molar-refractivity contribution in [1.29, 1.82) is 0 Å². The number of nitrogens with zero attached hydrogens (tertiary/aromatic N) is 1. The molecule has 1 atom stereocenters. The van der Waals surface area contributed by atoms with Crippen LogP contribution in [0.3, 0.4) is 0 Å². The summed E-state index contributed by atoms with van der Waals surface area (Å²) in [5, 5.41) is 3.16. The summed E-state index contributed by atoms with van der Waals surface area (Å²) in [6.45, 7) is 6.55. The molecule has 0 amide bonds. The Hall–Kier alpha value is -0.620. The van der Waals surface area contributed by atoms with Crippen molar-refractivity contribution in [3.63, 3.8) is 0 Å². The second-order valence-corrected chi connectivity index (χ2v) is 8.94. The minimum Gasteiger partial charge on any atom is -0.319 e. The van der Waals surface area contributed by atoms with Crippen molar-refractivity contribution >= 4 is 22.4 Å². The van der Waals surface area contributed by atoms with E-state index in [1.165, 1.54) is 5.56 Å². The van der Waals surface area contributed by atoms with Gasteiger partial charge in [0, 0.05) is 13.1 Å². The van der Waals surface area contributed by atoms with Crippen LogP contribution in [-0.4, -0.2) is 39.4 Å². The molecule has 1 aromatic carbocycles. The number of hydrogen-bond donors (Lipinski definition) is 1. The topological polar surface area (TPSA) is 49.4 Å². The van der Waals surface area contributed by atoms with Crippen molar-refractivity contribution in [2.45, 2.75) is 44.4 Å². The Morgan fingerprint density at radius 1 is 1.25 bits per heavy atom. The fourth-order valence-electron chi connectivity index (χ4n) is 3.13. The maximum atomic E-state index is 12.8. The van der Waals surface area contributed by atoms with Crippen LogP contribution in [0.1, 0.15) is 38.7 Å². The Labute approximate surface area is 153 Å². The Bertz CT molecular complexity index is 586. The first-order valence-corrected chi connectivity index (χ1v) is 10.1. The van der Waals surface area contributed by atoms with E-state index in [9.17, 15) is 8.42 Å². The summed E-state index contributed by atoms with van der Waals surface area (Å²) >= 11 is 0. The molecule has 0 saturated carbocycles. The molecule has 0 bridgehead atoms. The van der Waals surface area contributed by atoms with Crippen molar-refractivity contribution in [3.8, 4) is 0 Å². The van der Waals surface area contributed by atoms with Crippen LogP contribution in [0.2, 0.25) is 0 Å². The van der Waals surface area contributed by atoms with Gasteiger partial charge in [-0.15, -0.1) is 12.4 Å². The maximum absolute atomic E-state index is 12.8. The van der Waals surface area contributed by atoms with Gasteiger partial charge in [0.1, 0.15) is 0 Å². The monoisotopic (exact) mass is 374 g/mol. The normalized spacial score (nSPS) is 19.2. The van der Waals surface area contributed by atoms with E-state index in [-0.39, 0.29) is 12.4 Å². The molecular weight excluding hydrogens is 344 g/mol. The summed E-state index contributed by atoms with van der Waals surface area (Å²) in [6.07, 6.45) is 4.18. The standard InChI is InChI=1S/C18H30N2O2S.ClH/c1-15(2)6-7-16-8-10-18(11-9-16)23(21,22)20-12-4-5-17(14-20)13-19-3;/h8-11,15,17,19H,4-7,12-14H2,1-3H3;1H. The number of sulfonamides is 1. The molecular formula is C18H31ClN2O2S. The number of nitrogens with one attached hydrogen (secondary N) is 1. The first-order chi connectivity index (χ1) is 10.9. The van der Waals surface area contributed by atoms with Gasteiger partial charge in [0.05, 0.1) is 4.90 Å². The fourth-order valence-corrected chi connectivity index (χ4v) is 4.69. The third kappa shape index (κ3) is 5.73. The highest BCUT2D eigenvalue weighted by atomic mass is 35.5. The van der Waals surface area contributed by atoms with Gasteiger partial charge >= 0.3 is 0 Å². The van der Waals surface area contributed by atoms with Crippen molar-refractivity contribution in [2.75, 3.05) is 26.7 Å². The first-order valence-electron chi connectivity index (χ1n) is 8.67. The second kappa shape index (κ2) is 9.76. The van der Waals surface area contributed by atoms with Gasteiger partial charge in [-0.2, -0.15) is 4.31 Å². The molecule has 24 heavy (non-hydrogen) atoms. The number of halogens is 1. The van der Waals surface area contributed by atoms with E-state index in [0.29, 0.717) is 29.8 Å². The molecule has 1 N–H and O–H groups in total. The van der Waals surface area contributed by atoms with E-state index in [1.807, 2.05) is 19.2 Å². The molecule has 1 aromatic rings. The number of rotatable bonds is 7. The maximum Gasteiger partial charge on any atom is 0.243 e. The summed E-state index contributed by atoms with van der Waals surface area (Å²) < 4.78 is 27.3. The molecule has 0 aromatic heterocycles. The first kappa shape index (κ1) is 21.4. The van der Waals surface area contributed by atoms with E-state index < -0.39 is 10.0 Å². The molecule has 2 rings (SSSR count). The molecule has 1 aliphatic rings. The third-order valence-electron chi connectivity index (χ3n) is 4.55. The van der Waals surface area contributed by atoms with Crippen LogP contribution in [0.15, 0.2) is 29.2 Å². The summed E-state index contributed by atoms with van der Waals surface area (Å²) in [4.78, 5) is 0.427. The van der Waals surface area contributed by atoms with Gasteiger partial charge in [0.15, 0.2) is 0 Å². The summed E-state index contributed by atoms with van der Waals surface area (Å²) in [5.41, 5.74) is 1.21. The smallest absolute Gasteiger partial charge is 0.243 e. The van der Waals surface area contributed by atoms with Gasteiger partial charge in [0.2, 0.25) is 10.0 Å². The van der Waals surface area contributed by atoms with Crippen LogP contribution in [-0.2, 0) is 16.4 Å². The lowest BCUT2D eigenvalue weighted by Gasteiger charge is -2.31. The van der Waals surface area contributed by atoms with Crippen LogP contribution in [0.25, 0.3) is 0 Å². The lowest BCUT2D eigenvalue weighted by Crippen LogP contribution is -2.42. The predicted octanol–water partition coefficient (Wildman–Crippen LogP) is 3.32. The Morgan fingerprint density at radius 2 is 1.92 bits per heavy atom. The number of hydrogen-bond acceptors (Lipinski definition) is 3. The predicted molar refractivity (Wildman–Crippen MR) is 102 cm³/mol. The van der Waals surface area contributed by atoms with Crippen LogP contribution in [0.5, 0.6) is 0 Å². The van der Waals surface area contributed by atoms with E-state index >= 15 is 0 Å². The van der Waals surface area contributed by atoms with Crippen molar-refractivity contribution in [3.05, 3.63) is 29.8 Å². The minimum atomic E-state index is -3.36. The van der Waals surface area contributed by atoms with Gasteiger partial charge in [-0.05, 0) is 68.8 Å². The molecule has 4 nitrogen and oxygen atoms in total. The lowest BCUT2D eigenvalue weighted by atomic mass is 10.00. The highest BCUT2D eigenvalue weighted by Gasteiger charge is 2.29. The van der Waals surface area contributed by atoms with Crippen LogP contribution < -0.4 is 5.32 Å². The number of benzene rings is 1. The Morgan fingerprint density at radius 3 is 2.50 bits per heavy atom. The quantitative estimate of drug-likeness (QED) is 0.796. The number of aryl methyl sites for hydroxylation is 1. The Balaban J connectivity index is 0.00000288. The van der Waals surface area contributed by atoms with Crippen LogP contribution >= 0.6 is 12.4 Å². The zero-order valence-electron chi connectivity index (χ0n) is 15.0. The highest BCUT2D eigenvalue weighted by molar-refractivity contribution is 7.89. The van der Waals surface area contributed by atoms with Crippen LogP contribution in [0, 0.1) is 11.8 Å². The average Bonchev–Trinajstić information content (AvgIpc) is 2.54. The van der Waals surface area contributed by atoms with Gasteiger partial charge < -0.3 is 5.32 Å². The molecule has 1 unspecified atom stereocenters. The average molecular weight is 375 g/mol. The van der Waals surface area contributed by atoms with Gasteiger partial charge in [-0.1, -0.05) is 26.0 Å². The molecule has 138 valence electrons. The SMILES string of the molecule is CNCC1CCCN(S(=O)(=O)c2ccc(CCC(C)C)cc2)C1.Cl. The summed E-state index contributed by atoms with van der Waals surface area (Å²) in [5.74, 6) is 1.07. The largest absolute Gasteiger partial charge is 0.319 e. The van der Waals surface area contributed by atoms with Gasteiger partial charge in [-0.3, -0.25) is 0 Å². The zero-order valence-corrected chi connectivity index (χ0v) is 16.6. The molecule has 0 aliphatic carbocycles. The third-order valence-corrected chi connectivity index (χ3v) is 6.43. The molecule has 1 saturated heterocycles. The summed E-state index contributed by atoms with van der Waals surface area (Å²) in [7, 11) is -1.44. The van der Waals surface area contributed by atoms with E-state index in [2.05, 4.69) is 19.2 Å². The van der Waals surface area contributed by atoms with Crippen molar-refractivity contribution < 1.29 is 8.42 Å². The zero-order chi connectivity index (χ0) is 16.9. The highest BCUT2D eigenvalue weighted by Crippen LogP contribution is 2.24. The van der Waals surface area contributed by atoms with Crippen LogP contribution in [0.4, 0.5) is 0 Å².